The zero-order valence-corrected chi connectivity index (χ0v) is 14.6. The van der Waals surface area contributed by atoms with Crippen LogP contribution in [0.1, 0.15) is 28.3 Å². The smallest absolute Gasteiger partial charge is 0.253 e. The van der Waals surface area contributed by atoms with Crippen LogP contribution < -0.4 is 9.47 Å². The summed E-state index contributed by atoms with van der Waals surface area (Å²) in [4.78, 5) is 14.7. The van der Waals surface area contributed by atoms with Crippen LogP contribution in [-0.4, -0.2) is 48.4 Å². The van der Waals surface area contributed by atoms with E-state index in [9.17, 15) is 4.79 Å². The summed E-state index contributed by atoms with van der Waals surface area (Å²) in [7, 11) is 3.30. The molecule has 0 N–H and O–H groups in total. The highest BCUT2D eigenvalue weighted by molar-refractivity contribution is 5.97. The number of methoxy groups -OCH3 is 2. The van der Waals surface area contributed by atoms with Crippen LogP contribution in [0.3, 0.4) is 0 Å². The Balaban J connectivity index is 1.55. The maximum Gasteiger partial charge on any atom is 0.253 e. The molecule has 1 unspecified atom stereocenters. The fourth-order valence-electron chi connectivity index (χ4n) is 3.45. The van der Waals surface area contributed by atoms with Gasteiger partial charge in [-0.2, -0.15) is 0 Å². The van der Waals surface area contributed by atoms with Gasteiger partial charge in [0, 0.05) is 30.1 Å². The van der Waals surface area contributed by atoms with Crippen LogP contribution in [0.25, 0.3) is 11.0 Å². The topological polar surface area (TPSA) is 77.7 Å². The lowest BCUT2D eigenvalue weighted by Gasteiger charge is -2.18. The molecule has 0 spiro atoms. The van der Waals surface area contributed by atoms with E-state index in [0.717, 1.165) is 23.5 Å². The molecule has 7 heteroatoms. The molecule has 2 heterocycles. The molecule has 1 atom stereocenters. The highest BCUT2D eigenvalue weighted by atomic mass is 16.6. The summed E-state index contributed by atoms with van der Waals surface area (Å²) >= 11 is 0. The Morgan fingerprint density at radius 1 is 1.12 bits per heavy atom. The highest BCUT2D eigenvalue weighted by Gasteiger charge is 2.30. The summed E-state index contributed by atoms with van der Waals surface area (Å²) in [6.07, 6.45) is 0.878. The van der Waals surface area contributed by atoms with Gasteiger partial charge in [0.05, 0.1) is 14.2 Å². The predicted octanol–water partition coefficient (Wildman–Crippen LogP) is 2.87. The van der Waals surface area contributed by atoms with Gasteiger partial charge < -0.3 is 14.4 Å². The van der Waals surface area contributed by atoms with Crippen LogP contribution >= 0.6 is 0 Å². The summed E-state index contributed by atoms with van der Waals surface area (Å²) in [6, 6.07) is 11.0. The number of amides is 1. The first-order valence-electron chi connectivity index (χ1n) is 8.43. The fraction of sp³-hybridized carbons (Fsp3) is 0.316. The molecule has 2 aromatic carbocycles. The maximum atomic E-state index is 12.9. The Morgan fingerprint density at radius 2 is 1.96 bits per heavy atom. The van der Waals surface area contributed by atoms with E-state index in [4.69, 9.17) is 14.1 Å². The van der Waals surface area contributed by atoms with Crippen molar-refractivity contribution in [2.45, 2.75) is 12.3 Å². The second kappa shape index (κ2) is 6.67. The predicted molar refractivity (Wildman–Crippen MR) is 94.6 cm³/mol. The third kappa shape index (κ3) is 2.85. The van der Waals surface area contributed by atoms with Crippen LogP contribution in [0, 0.1) is 0 Å². The summed E-state index contributed by atoms with van der Waals surface area (Å²) in [5.74, 6) is 1.80. The van der Waals surface area contributed by atoms with E-state index >= 15 is 0 Å². The number of hydrogen-bond acceptors (Lipinski definition) is 6. The monoisotopic (exact) mass is 353 g/mol. The van der Waals surface area contributed by atoms with Crippen molar-refractivity contribution in [1.29, 1.82) is 0 Å². The lowest BCUT2D eigenvalue weighted by molar-refractivity contribution is 0.0791. The average Bonchev–Trinajstić information content (AvgIpc) is 3.35. The number of fused-ring (bicyclic) bond motifs is 1. The largest absolute Gasteiger partial charge is 0.497 e. The van der Waals surface area contributed by atoms with Crippen molar-refractivity contribution in [2.24, 2.45) is 0 Å². The average molecular weight is 353 g/mol. The molecule has 7 nitrogen and oxygen atoms in total. The first kappa shape index (κ1) is 16.4. The number of benzene rings is 2. The molecule has 4 rings (SSSR count). The minimum atomic E-state index is -0.0146. The minimum Gasteiger partial charge on any atom is -0.497 e. The first-order valence-corrected chi connectivity index (χ1v) is 8.43. The van der Waals surface area contributed by atoms with E-state index in [1.54, 1.807) is 32.4 Å². The van der Waals surface area contributed by atoms with Crippen molar-refractivity contribution in [3.8, 4) is 11.5 Å². The molecule has 1 aliphatic heterocycles. The number of nitrogens with zero attached hydrogens (tertiary/aromatic N) is 3. The van der Waals surface area contributed by atoms with Crippen LogP contribution in [-0.2, 0) is 0 Å². The van der Waals surface area contributed by atoms with Crippen LogP contribution in [0.15, 0.2) is 41.0 Å². The second-order valence-electron chi connectivity index (χ2n) is 6.31. The molecule has 0 aliphatic carbocycles. The first-order chi connectivity index (χ1) is 12.7. The molecule has 0 bridgehead atoms. The van der Waals surface area contributed by atoms with Crippen LogP contribution in [0.4, 0.5) is 0 Å². The van der Waals surface area contributed by atoms with E-state index in [1.165, 1.54) is 0 Å². The summed E-state index contributed by atoms with van der Waals surface area (Å²) in [5.41, 5.74) is 2.88. The number of carbonyl (C=O) groups excluding carboxylic acids is 1. The van der Waals surface area contributed by atoms with Crippen molar-refractivity contribution in [3.05, 3.63) is 47.5 Å². The Bertz CT molecular complexity index is 953. The van der Waals surface area contributed by atoms with Gasteiger partial charge >= 0.3 is 0 Å². The number of rotatable bonds is 4. The van der Waals surface area contributed by atoms with Gasteiger partial charge in [-0.05, 0) is 53.1 Å². The van der Waals surface area contributed by atoms with E-state index in [-0.39, 0.29) is 11.8 Å². The third-order valence-corrected chi connectivity index (χ3v) is 4.85. The molecule has 0 saturated carbocycles. The van der Waals surface area contributed by atoms with E-state index in [2.05, 4.69) is 10.3 Å². The van der Waals surface area contributed by atoms with Crippen LogP contribution in [0.2, 0.25) is 0 Å². The molecule has 0 radical (unpaired) electrons. The van der Waals surface area contributed by atoms with Crippen molar-refractivity contribution in [1.82, 2.24) is 15.2 Å². The minimum absolute atomic E-state index is 0.0146. The molecular weight excluding hydrogens is 334 g/mol. The zero-order chi connectivity index (χ0) is 18.1. The molecule has 1 aliphatic rings. The molecule has 26 heavy (non-hydrogen) atoms. The number of carbonyl (C=O) groups is 1. The van der Waals surface area contributed by atoms with Crippen molar-refractivity contribution < 1.29 is 18.9 Å². The molecule has 134 valence electrons. The zero-order valence-electron chi connectivity index (χ0n) is 14.6. The Kier molecular flexibility index (Phi) is 4.20. The van der Waals surface area contributed by atoms with Crippen molar-refractivity contribution in [3.63, 3.8) is 0 Å². The van der Waals surface area contributed by atoms with E-state index < -0.39 is 0 Å². The molecule has 1 saturated heterocycles. The Labute approximate surface area is 150 Å². The standard InChI is InChI=1S/C19H19N3O4/c1-24-14-4-6-18(25-2)15(10-14)13-7-8-22(11-13)19(23)12-3-5-16-17(9-12)21-26-20-16/h3-6,9-10,13H,7-8,11H2,1-2H3. The lowest BCUT2D eigenvalue weighted by atomic mass is 9.97. The van der Waals surface area contributed by atoms with Gasteiger partial charge in [-0.3, -0.25) is 4.79 Å². The third-order valence-electron chi connectivity index (χ3n) is 4.85. The number of likely N-dealkylation sites (tertiary alicyclic amines) is 1. The normalized spacial score (nSPS) is 16.8. The molecule has 1 amide bonds. The Hall–Kier alpha value is -3.09. The van der Waals surface area contributed by atoms with Crippen molar-refractivity contribution >= 4 is 16.9 Å². The van der Waals surface area contributed by atoms with Gasteiger partial charge in [0.25, 0.3) is 5.91 Å². The maximum absolute atomic E-state index is 12.9. The molecule has 3 aromatic rings. The highest BCUT2D eigenvalue weighted by Crippen LogP contribution is 2.36. The molecule has 1 aromatic heterocycles. The summed E-state index contributed by atoms with van der Waals surface area (Å²) in [6.45, 7) is 1.33. The lowest BCUT2D eigenvalue weighted by Crippen LogP contribution is -2.28. The van der Waals surface area contributed by atoms with Gasteiger partial charge in [-0.15, -0.1) is 0 Å². The van der Waals surface area contributed by atoms with Gasteiger partial charge in [0.15, 0.2) is 0 Å². The van der Waals surface area contributed by atoms with Crippen LogP contribution in [0.5, 0.6) is 11.5 Å². The quantitative estimate of drug-likeness (QED) is 0.718. The fourth-order valence-corrected chi connectivity index (χ4v) is 3.45. The number of ether oxygens (including phenoxy) is 2. The molecular formula is C19H19N3O4. The van der Waals surface area contributed by atoms with E-state index in [0.29, 0.717) is 29.7 Å². The summed E-state index contributed by atoms with van der Waals surface area (Å²) < 4.78 is 15.5. The number of aromatic nitrogens is 2. The SMILES string of the molecule is COc1ccc(OC)c(C2CCN(C(=O)c3ccc4nonc4c3)C2)c1. The summed E-state index contributed by atoms with van der Waals surface area (Å²) in [5, 5.41) is 7.57. The van der Waals surface area contributed by atoms with Gasteiger partial charge in [-0.1, -0.05) is 0 Å². The van der Waals surface area contributed by atoms with Gasteiger partial charge in [-0.25, -0.2) is 4.63 Å². The van der Waals surface area contributed by atoms with Gasteiger partial charge in [0.1, 0.15) is 22.5 Å². The molecule has 1 fully saturated rings. The second-order valence-corrected chi connectivity index (χ2v) is 6.31. The number of hydrogen-bond donors (Lipinski definition) is 0. The van der Waals surface area contributed by atoms with Gasteiger partial charge in [0.2, 0.25) is 0 Å². The van der Waals surface area contributed by atoms with E-state index in [1.807, 2.05) is 23.1 Å². The Morgan fingerprint density at radius 3 is 2.77 bits per heavy atom. The van der Waals surface area contributed by atoms with Crippen molar-refractivity contribution in [2.75, 3.05) is 27.3 Å².